The van der Waals surface area contributed by atoms with Gasteiger partial charge in [0.2, 0.25) is 0 Å². The molecule has 2 aromatic carbocycles. The van der Waals surface area contributed by atoms with E-state index in [4.69, 9.17) is 9.57 Å². The quantitative estimate of drug-likeness (QED) is 0.124. The first-order valence-electron chi connectivity index (χ1n) is 12.4. The van der Waals surface area contributed by atoms with Gasteiger partial charge in [-0.15, -0.1) is 25.7 Å². The molecule has 0 aromatic heterocycles. The molecule has 2 N–H and O–H groups in total. The van der Waals surface area contributed by atoms with Gasteiger partial charge in [-0.05, 0) is 67.7 Å². The molecular formula is C32H43N3O6. The fraction of sp³-hybridized carbons (Fsp3) is 0.438. The Bertz CT molecular complexity index is 1280. The average molecular weight is 566 g/mol. The maximum Gasteiger partial charge on any atom is 0.276 e. The minimum absolute atomic E-state index is 0. The molecule has 2 aliphatic carbocycles. The molecule has 0 saturated heterocycles. The molecule has 0 spiro atoms. The second-order valence-corrected chi connectivity index (χ2v) is 9.71. The van der Waals surface area contributed by atoms with Crippen molar-refractivity contribution in [2.24, 2.45) is 27.6 Å². The zero-order valence-electron chi connectivity index (χ0n) is 22.7. The van der Waals surface area contributed by atoms with Crippen molar-refractivity contribution >= 4 is 17.1 Å². The summed E-state index contributed by atoms with van der Waals surface area (Å²) in [7, 11) is 1.52. The summed E-state index contributed by atoms with van der Waals surface area (Å²) in [6, 6.07) is 9.95. The van der Waals surface area contributed by atoms with E-state index in [0.717, 1.165) is 24.0 Å². The summed E-state index contributed by atoms with van der Waals surface area (Å²) < 4.78 is 5.39. The average Bonchev–Trinajstić information content (AvgIpc) is 2.96. The van der Waals surface area contributed by atoms with Crippen LogP contribution in [-0.2, 0) is 11.4 Å². The van der Waals surface area contributed by atoms with E-state index < -0.39 is 4.92 Å². The summed E-state index contributed by atoms with van der Waals surface area (Å²) in [5.41, 5.74) is 3.38. The number of fused-ring (bicyclic) bond motifs is 3. The zero-order chi connectivity index (χ0) is 29.3. The summed E-state index contributed by atoms with van der Waals surface area (Å²) in [5, 5.41) is 39.3. The van der Waals surface area contributed by atoms with Crippen molar-refractivity contribution in [1.29, 1.82) is 0 Å². The van der Waals surface area contributed by atoms with Crippen LogP contribution in [-0.4, -0.2) is 33.8 Å². The number of oxime groups is 2. The predicted octanol–water partition coefficient (Wildman–Crippen LogP) is 7.39. The van der Waals surface area contributed by atoms with Gasteiger partial charge < -0.3 is 19.9 Å². The highest BCUT2D eigenvalue weighted by atomic mass is 16.6. The summed E-state index contributed by atoms with van der Waals surface area (Å²) in [6.45, 7) is 6.13. The molecule has 0 amide bonds. The van der Waals surface area contributed by atoms with Gasteiger partial charge in [0.25, 0.3) is 5.69 Å². The van der Waals surface area contributed by atoms with E-state index in [0.29, 0.717) is 29.2 Å². The van der Waals surface area contributed by atoms with Crippen molar-refractivity contribution in [3.63, 3.8) is 0 Å². The summed E-state index contributed by atoms with van der Waals surface area (Å²) in [6.07, 6.45) is 18.4. The van der Waals surface area contributed by atoms with Crippen molar-refractivity contribution in [3.8, 4) is 37.2 Å². The smallest absolute Gasteiger partial charge is 0.276 e. The number of ether oxygens (including phenoxy) is 1. The van der Waals surface area contributed by atoms with E-state index in [2.05, 4.69) is 49.9 Å². The van der Waals surface area contributed by atoms with E-state index in [1.807, 2.05) is 13.0 Å². The molecule has 2 aliphatic rings. The van der Waals surface area contributed by atoms with Crippen LogP contribution in [0.5, 0.6) is 11.5 Å². The molecule has 222 valence electrons. The molecule has 4 rings (SSSR count). The Labute approximate surface area is 244 Å². The number of nitro benzene ring substituents is 1. The lowest BCUT2D eigenvalue weighted by Crippen LogP contribution is -2.46. The van der Waals surface area contributed by atoms with E-state index in [9.17, 15) is 20.4 Å². The molecule has 9 nitrogen and oxygen atoms in total. The van der Waals surface area contributed by atoms with E-state index in [1.54, 1.807) is 24.3 Å². The maximum absolute atomic E-state index is 11.3. The number of rotatable bonds is 6. The first-order valence-corrected chi connectivity index (χ1v) is 12.4. The van der Waals surface area contributed by atoms with Crippen LogP contribution in [0.2, 0.25) is 0 Å². The molecule has 41 heavy (non-hydrogen) atoms. The normalized spacial score (nSPS) is 23.3. The Balaban J connectivity index is 0.00000255. The Morgan fingerprint density at radius 2 is 1.83 bits per heavy atom. The number of benzene rings is 2. The molecule has 4 atom stereocenters. The van der Waals surface area contributed by atoms with E-state index in [1.165, 1.54) is 13.2 Å². The monoisotopic (exact) mass is 565 g/mol. The third kappa shape index (κ3) is 7.18. The minimum Gasteiger partial charge on any atom is -0.504 e. The number of methoxy groups -OCH3 is 1. The highest BCUT2D eigenvalue weighted by Gasteiger charge is 2.49. The first kappa shape index (κ1) is 36.5. The van der Waals surface area contributed by atoms with Crippen LogP contribution in [0.3, 0.4) is 0 Å². The van der Waals surface area contributed by atoms with Crippen molar-refractivity contribution in [3.05, 3.63) is 63.2 Å². The van der Waals surface area contributed by atoms with Crippen molar-refractivity contribution in [1.82, 2.24) is 0 Å². The number of nitro groups is 1. The fourth-order valence-corrected chi connectivity index (χ4v) is 5.76. The highest BCUT2D eigenvalue weighted by Crippen LogP contribution is 2.56. The van der Waals surface area contributed by atoms with E-state index >= 15 is 0 Å². The van der Waals surface area contributed by atoms with E-state index in [-0.39, 0.29) is 56.1 Å². The number of hydrogen-bond donors (Lipinski definition) is 2. The lowest BCUT2D eigenvalue weighted by Gasteiger charge is -2.50. The summed E-state index contributed by atoms with van der Waals surface area (Å²) in [5.74, 6) is 1.03. The predicted molar refractivity (Wildman–Crippen MR) is 165 cm³/mol. The van der Waals surface area contributed by atoms with Crippen molar-refractivity contribution in [2.45, 2.75) is 67.4 Å². The third-order valence-corrected chi connectivity index (χ3v) is 8.19. The largest absolute Gasteiger partial charge is 0.504 e. The van der Waals surface area contributed by atoms with Crippen LogP contribution in [0.15, 0.2) is 46.7 Å². The Hall–Kier alpha value is -4.50. The molecule has 2 aromatic rings. The fourth-order valence-electron chi connectivity index (χ4n) is 5.76. The molecule has 1 saturated carbocycles. The van der Waals surface area contributed by atoms with Crippen LogP contribution in [0.4, 0.5) is 5.69 Å². The Kier molecular flexibility index (Phi) is 14.2. The third-order valence-electron chi connectivity index (χ3n) is 8.19. The van der Waals surface area contributed by atoms with Gasteiger partial charge in [-0.2, -0.15) is 0 Å². The topological polar surface area (TPSA) is 127 Å². The molecule has 0 heterocycles. The highest BCUT2D eigenvalue weighted by molar-refractivity contribution is 6.03. The van der Waals surface area contributed by atoms with Gasteiger partial charge in [0.15, 0.2) is 11.5 Å². The van der Waals surface area contributed by atoms with Crippen LogP contribution in [0.25, 0.3) is 0 Å². The number of phenols is 1. The Morgan fingerprint density at radius 3 is 2.41 bits per heavy atom. The zero-order valence-corrected chi connectivity index (χ0v) is 22.7. The van der Waals surface area contributed by atoms with Crippen molar-refractivity contribution < 1.29 is 24.8 Å². The number of phenolic OH excluding ortho intramolecular Hbond substituents is 1. The van der Waals surface area contributed by atoms with Crippen molar-refractivity contribution in [2.75, 3.05) is 7.11 Å². The van der Waals surface area contributed by atoms with Crippen LogP contribution >= 0.6 is 0 Å². The number of aromatic hydroxyl groups is 1. The number of nitrogens with zero attached hydrogens (tertiary/aromatic N) is 3. The molecular weight excluding hydrogens is 522 g/mol. The van der Waals surface area contributed by atoms with Gasteiger partial charge in [-0.1, -0.05) is 51.1 Å². The lowest BCUT2D eigenvalue weighted by atomic mass is 9.54. The number of terminal acetylenes is 2. The maximum atomic E-state index is 11.3. The van der Waals surface area contributed by atoms with Crippen LogP contribution in [0.1, 0.15) is 77.5 Å². The second-order valence-electron chi connectivity index (χ2n) is 9.71. The SMILES string of the molecule is C.C.C#C.C#C.COc1cc2c(cc1O)/C(=N/OCc1ccccc1[N+](=O)[O-])C[C@@H]1C2CC[C@](C)(/C(C)=N/O)C1C. The van der Waals surface area contributed by atoms with Crippen LogP contribution in [0, 0.1) is 53.1 Å². The molecule has 9 heteroatoms. The van der Waals surface area contributed by atoms with Gasteiger partial charge in [-0.3, -0.25) is 10.1 Å². The minimum atomic E-state index is -0.438. The lowest BCUT2D eigenvalue weighted by molar-refractivity contribution is -0.386. The van der Waals surface area contributed by atoms with Gasteiger partial charge in [0, 0.05) is 17.0 Å². The van der Waals surface area contributed by atoms with Gasteiger partial charge in [-0.25, -0.2) is 0 Å². The molecule has 2 unspecified atom stereocenters. The number of para-hydroxylation sites is 1. The number of hydrogen-bond acceptors (Lipinski definition) is 8. The van der Waals surface area contributed by atoms with Crippen LogP contribution < -0.4 is 4.74 Å². The van der Waals surface area contributed by atoms with Gasteiger partial charge >= 0.3 is 0 Å². The van der Waals surface area contributed by atoms with Gasteiger partial charge in [0.1, 0.15) is 6.61 Å². The Morgan fingerprint density at radius 1 is 1.20 bits per heavy atom. The molecule has 0 radical (unpaired) electrons. The van der Waals surface area contributed by atoms with Gasteiger partial charge in [0.05, 0.1) is 29.0 Å². The standard InChI is InChI=1S/C26H31N3O6.2C2H2.2CH4/c1-15-19-11-22(28-35-14-17-7-5-6-8-23(17)29(32)33)21-12-24(30)25(34-4)13-20(21)18(19)9-10-26(15,3)16(2)27-31;2*1-2;;/h5-8,12-13,15,18-19,30-31H,9-11,14H2,1-4H3;2*1-2H;2*1H4/b27-16+,28-22+;;;;/t15?,18?,19-,26-;;;;/m0..../s1. The summed E-state index contributed by atoms with van der Waals surface area (Å²) >= 11 is 0. The summed E-state index contributed by atoms with van der Waals surface area (Å²) in [4.78, 5) is 16.5. The first-order chi connectivity index (χ1) is 18.7. The molecule has 1 fully saturated rings. The second kappa shape index (κ2) is 15.9. The molecule has 0 aliphatic heterocycles. The molecule has 0 bridgehead atoms.